The van der Waals surface area contributed by atoms with E-state index in [0.717, 1.165) is 25.6 Å². The van der Waals surface area contributed by atoms with E-state index in [2.05, 4.69) is 56.0 Å². The highest BCUT2D eigenvalue weighted by Crippen LogP contribution is 2.39. The fourth-order valence-corrected chi connectivity index (χ4v) is 3.68. The highest BCUT2D eigenvalue weighted by Gasteiger charge is 2.31. The maximum atomic E-state index is 5.84. The second-order valence-electron chi connectivity index (χ2n) is 7.62. The van der Waals surface area contributed by atoms with Gasteiger partial charge in [-0.05, 0) is 42.6 Å². The van der Waals surface area contributed by atoms with Crippen molar-refractivity contribution in [3.63, 3.8) is 0 Å². The highest BCUT2D eigenvalue weighted by atomic mass is 15.2. The third-order valence-corrected chi connectivity index (χ3v) is 5.08. The number of hydrogen-bond acceptors (Lipinski definition) is 2. The van der Waals surface area contributed by atoms with Crippen LogP contribution < -0.4 is 5.73 Å². The van der Waals surface area contributed by atoms with Gasteiger partial charge < -0.3 is 5.73 Å². The van der Waals surface area contributed by atoms with Crippen molar-refractivity contribution in [2.75, 3.05) is 13.1 Å². The molecule has 0 bridgehead atoms. The summed E-state index contributed by atoms with van der Waals surface area (Å²) < 4.78 is 0. The first-order chi connectivity index (χ1) is 10.0. The zero-order valence-electron chi connectivity index (χ0n) is 14.0. The summed E-state index contributed by atoms with van der Waals surface area (Å²) in [5.41, 5.74) is 7.71. The number of nitrogens with two attached hydrogens (primary N) is 1. The molecule has 2 nitrogen and oxygen atoms in total. The van der Waals surface area contributed by atoms with E-state index >= 15 is 0 Å². The smallest absolute Gasteiger partial charge is 0.0237 e. The Balaban J connectivity index is 1.94. The van der Waals surface area contributed by atoms with Crippen molar-refractivity contribution in [1.29, 1.82) is 0 Å². The van der Waals surface area contributed by atoms with Gasteiger partial charge in [-0.25, -0.2) is 0 Å². The van der Waals surface area contributed by atoms with Gasteiger partial charge in [0.15, 0.2) is 0 Å². The molecule has 0 aliphatic heterocycles. The summed E-state index contributed by atoms with van der Waals surface area (Å²) in [4.78, 5) is 2.61. The quantitative estimate of drug-likeness (QED) is 0.885. The first-order valence-electron chi connectivity index (χ1n) is 8.48. The Morgan fingerprint density at radius 3 is 2.19 bits per heavy atom. The summed E-state index contributed by atoms with van der Waals surface area (Å²) in [6, 6.07) is 11.5. The molecule has 0 aromatic heterocycles. The average molecular weight is 288 g/mol. The van der Waals surface area contributed by atoms with E-state index < -0.39 is 0 Å². The van der Waals surface area contributed by atoms with Crippen molar-refractivity contribution in [3.05, 3.63) is 35.9 Å². The summed E-state index contributed by atoms with van der Waals surface area (Å²) in [5, 5.41) is 0. The second kappa shape index (κ2) is 7.42. The maximum Gasteiger partial charge on any atom is 0.0237 e. The molecule has 1 aliphatic carbocycles. The molecule has 2 rings (SSSR count). The SMILES string of the molecule is CC(C)(C)C1CCC(N(CCN)Cc2ccccc2)CC1. The molecule has 2 N–H and O–H groups in total. The summed E-state index contributed by atoms with van der Waals surface area (Å²) >= 11 is 0. The zero-order valence-corrected chi connectivity index (χ0v) is 14.0. The Bertz CT molecular complexity index is 399. The van der Waals surface area contributed by atoms with Crippen molar-refractivity contribution in [2.45, 2.75) is 59.0 Å². The van der Waals surface area contributed by atoms with E-state index in [1.807, 2.05) is 0 Å². The van der Waals surface area contributed by atoms with Gasteiger partial charge in [0.2, 0.25) is 0 Å². The predicted octanol–water partition coefficient (Wildman–Crippen LogP) is 4.05. The molecule has 0 atom stereocenters. The van der Waals surface area contributed by atoms with Crippen LogP contribution in [0.25, 0.3) is 0 Å². The molecule has 2 heteroatoms. The first-order valence-corrected chi connectivity index (χ1v) is 8.48. The Hall–Kier alpha value is -0.860. The molecule has 21 heavy (non-hydrogen) atoms. The topological polar surface area (TPSA) is 29.3 Å². The van der Waals surface area contributed by atoms with Crippen LogP contribution in [0.5, 0.6) is 0 Å². The molecule has 0 spiro atoms. The van der Waals surface area contributed by atoms with Crippen LogP contribution in [-0.2, 0) is 6.54 Å². The second-order valence-corrected chi connectivity index (χ2v) is 7.62. The fraction of sp³-hybridized carbons (Fsp3) is 0.684. The van der Waals surface area contributed by atoms with Gasteiger partial charge >= 0.3 is 0 Å². The predicted molar refractivity (Wildman–Crippen MR) is 91.1 cm³/mol. The van der Waals surface area contributed by atoms with E-state index in [4.69, 9.17) is 5.73 Å². The van der Waals surface area contributed by atoms with Gasteiger partial charge in [-0.2, -0.15) is 0 Å². The molecule has 0 unspecified atom stereocenters. The summed E-state index contributed by atoms with van der Waals surface area (Å²) in [6.07, 6.45) is 5.39. The van der Waals surface area contributed by atoms with Crippen LogP contribution >= 0.6 is 0 Å². The third kappa shape index (κ3) is 4.82. The largest absolute Gasteiger partial charge is 0.329 e. The van der Waals surface area contributed by atoms with Gasteiger partial charge in [0.25, 0.3) is 0 Å². The Labute approximate surface area is 130 Å². The van der Waals surface area contributed by atoms with Crippen LogP contribution in [0.3, 0.4) is 0 Å². The summed E-state index contributed by atoms with van der Waals surface area (Å²) in [6.45, 7) is 9.98. The molecule has 0 radical (unpaired) electrons. The standard InChI is InChI=1S/C19H32N2/c1-19(2,3)17-9-11-18(12-10-17)21(14-13-20)15-16-7-5-4-6-8-16/h4-8,17-18H,9-15,20H2,1-3H3. The van der Waals surface area contributed by atoms with Gasteiger partial charge in [0.05, 0.1) is 0 Å². The van der Waals surface area contributed by atoms with Crippen LogP contribution in [-0.4, -0.2) is 24.0 Å². The van der Waals surface area contributed by atoms with Crippen LogP contribution in [0, 0.1) is 11.3 Å². The van der Waals surface area contributed by atoms with E-state index in [1.54, 1.807) is 0 Å². The molecular formula is C19H32N2. The van der Waals surface area contributed by atoms with E-state index in [0.29, 0.717) is 11.5 Å². The van der Waals surface area contributed by atoms with Gasteiger partial charge in [-0.1, -0.05) is 51.1 Å². The van der Waals surface area contributed by atoms with E-state index in [-0.39, 0.29) is 0 Å². The van der Waals surface area contributed by atoms with Crippen LogP contribution in [0.4, 0.5) is 0 Å². The molecule has 1 aliphatic rings. The summed E-state index contributed by atoms with van der Waals surface area (Å²) in [5.74, 6) is 0.880. The lowest BCUT2D eigenvalue weighted by atomic mass is 9.71. The molecule has 0 saturated heterocycles. The van der Waals surface area contributed by atoms with Crippen LogP contribution in [0.15, 0.2) is 30.3 Å². The van der Waals surface area contributed by atoms with Crippen molar-refractivity contribution in [3.8, 4) is 0 Å². The van der Waals surface area contributed by atoms with Crippen molar-refractivity contribution < 1.29 is 0 Å². The van der Waals surface area contributed by atoms with E-state index in [9.17, 15) is 0 Å². The molecule has 1 aromatic rings. The monoisotopic (exact) mass is 288 g/mol. The Morgan fingerprint density at radius 2 is 1.67 bits per heavy atom. The summed E-state index contributed by atoms with van der Waals surface area (Å²) in [7, 11) is 0. The van der Waals surface area contributed by atoms with Crippen molar-refractivity contribution in [1.82, 2.24) is 4.90 Å². The number of benzene rings is 1. The lowest BCUT2D eigenvalue weighted by Crippen LogP contribution is -2.41. The lowest BCUT2D eigenvalue weighted by Gasteiger charge is -2.41. The average Bonchev–Trinajstić information content (AvgIpc) is 2.47. The van der Waals surface area contributed by atoms with Crippen molar-refractivity contribution >= 4 is 0 Å². The fourth-order valence-electron chi connectivity index (χ4n) is 3.68. The minimum Gasteiger partial charge on any atom is -0.329 e. The molecule has 118 valence electrons. The number of rotatable bonds is 5. The molecule has 0 amide bonds. The van der Waals surface area contributed by atoms with Crippen molar-refractivity contribution in [2.24, 2.45) is 17.1 Å². The highest BCUT2D eigenvalue weighted by molar-refractivity contribution is 5.14. The normalized spacial score (nSPS) is 23.5. The number of nitrogens with zero attached hydrogens (tertiary/aromatic N) is 1. The van der Waals surface area contributed by atoms with Crippen LogP contribution in [0.1, 0.15) is 52.0 Å². The van der Waals surface area contributed by atoms with E-state index in [1.165, 1.54) is 31.2 Å². The minimum atomic E-state index is 0.461. The number of hydrogen-bond donors (Lipinski definition) is 1. The third-order valence-electron chi connectivity index (χ3n) is 5.08. The molecular weight excluding hydrogens is 256 g/mol. The first kappa shape index (κ1) is 16.5. The Morgan fingerprint density at radius 1 is 1.05 bits per heavy atom. The van der Waals surface area contributed by atoms with Crippen LogP contribution in [0.2, 0.25) is 0 Å². The lowest BCUT2D eigenvalue weighted by molar-refractivity contribution is 0.0928. The molecule has 1 aromatic carbocycles. The molecule has 0 heterocycles. The van der Waals surface area contributed by atoms with Gasteiger partial charge in [0.1, 0.15) is 0 Å². The van der Waals surface area contributed by atoms with Gasteiger partial charge in [-0.15, -0.1) is 0 Å². The Kier molecular flexibility index (Phi) is 5.83. The molecule has 1 saturated carbocycles. The molecule has 1 fully saturated rings. The maximum absolute atomic E-state index is 5.84. The zero-order chi connectivity index (χ0) is 15.3. The van der Waals surface area contributed by atoms with Gasteiger partial charge in [0, 0.05) is 25.7 Å². The minimum absolute atomic E-state index is 0.461. The van der Waals surface area contributed by atoms with Gasteiger partial charge in [-0.3, -0.25) is 4.90 Å².